The minimum absolute atomic E-state index is 0.119. The van der Waals surface area contributed by atoms with Crippen molar-refractivity contribution in [2.24, 2.45) is 5.92 Å². The molecule has 1 aromatic carbocycles. The second kappa shape index (κ2) is 15.8. The number of nitrogens with zero attached hydrogens (tertiary/aromatic N) is 5. The number of aromatic nitrogens is 3. The van der Waals surface area contributed by atoms with Crippen LogP contribution >= 0.6 is 0 Å². The quantitative estimate of drug-likeness (QED) is 0.267. The van der Waals surface area contributed by atoms with Gasteiger partial charge in [0.25, 0.3) is 0 Å². The molecule has 6 rings (SSSR count). The van der Waals surface area contributed by atoms with Gasteiger partial charge in [0.2, 0.25) is 21.9 Å². The molecule has 3 aromatic rings. The molecule has 2 aromatic heterocycles. The van der Waals surface area contributed by atoms with Crippen molar-refractivity contribution in [3.63, 3.8) is 0 Å². The van der Waals surface area contributed by atoms with Crippen LogP contribution < -0.4 is 15.1 Å². The fourth-order valence-corrected chi connectivity index (χ4v) is 7.09. The minimum atomic E-state index is -3.53. The molecule has 0 aliphatic carbocycles. The zero-order chi connectivity index (χ0) is 33.5. The molecule has 3 aliphatic heterocycles. The van der Waals surface area contributed by atoms with Gasteiger partial charge in [-0.3, -0.25) is 19.4 Å². The zero-order valence-electron chi connectivity index (χ0n) is 27.3. The molecule has 0 bridgehead atoms. The van der Waals surface area contributed by atoms with Gasteiger partial charge in [-0.05, 0) is 81.3 Å². The summed E-state index contributed by atoms with van der Waals surface area (Å²) < 4.78 is 52.6. The molecule has 2 N–H and O–H groups in total. The van der Waals surface area contributed by atoms with Crippen molar-refractivity contribution in [1.29, 1.82) is 0 Å². The lowest BCUT2D eigenvalue weighted by molar-refractivity contribution is -0.200. The number of morpholine rings is 1. The number of amides is 1. The highest BCUT2D eigenvalue weighted by atomic mass is 32.2. The predicted molar refractivity (Wildman–Crippen MR) is 179 cm³/mol. The number of hydrogen-bond acceptors (Lipinski definition) is 11. The summed E-state index contributed by atoms with van der Waals surface area (Å²) in [6.07, 6.45) is 10.8. The van der Waals surface area contributed by atoms with E-state index in [1.165, 1.54) is 12.3 Å². The average Bonchev–Trinajstić information content (AvgIpc) is 3.08. The van der Waals surface area contributed by atoms with Crippen LogP contribution in [-0.4, -0.2) is 92.7 Å². The van der Waals surface area contributed by atoms with Crippen LogP contribution in [0.4, 0.5) is 16.0 Å². The molecule has 1 amide bonds. The van der Waals surface area contributed by atoms with Gasteiger partial charge in [-0.15, -0.1) is 0 Å². The standard InChI is InChI=1S/C33H44FN7O6S/c1-48(43,44)39-27-18-24(20-35-21-27)31-28-19-26(34)17-25(32(28)37-33(36-31)41-12-15-45-16-13-41)22-40-10-8-23(9-11-40)5-4-6-29(42)38-47-30-7-2-3-14-46-30/h17-21,23,30,39H,2-16,22H2,1H3,(H,38,42). The second-order valence-electron chi connectivity index (χ2n) is 12.8. The lowest BCUT2D eigenvalue weighted by atomic mass is 9.91. The molecule has 3 saturated heterocycles. The number of pyridine rings is 1. The molecule has 0 spiro atoms. The molecular formula is C33H44FN7O6S. The fourth-order valence-electron chi connectivity index (χ4n) is 6.55. The minimum Gasteiger partial charge on any atom is -0.378 e. The number of hydrogen-bond donors (Lipinski definition) is 2. The Balaban J connectivity index is 1.14. The maximum absolute atomic E-state index is 15.3. The Morgan fingerprint density at radius 3 is 2.60 bits per heavy atom. The molecule has 1 unspecified atom stereocenters. The second-order valence-corrected chi connectivity index (χ2v) is 14.6. The van der Waals surface area contributed by atoms with Gasteiger partial charge in [0.05, 0.1) is 42.6 Å². The van der Waals surface area contributed by atoms with Gasteiger partial charge in [0.1, 0.15) is 5.82 Å². The van der Waals surface area contributed by atoms with E-state index in [0.29, 0.717) is 79.9 Å². The van der Waals surface area contributed by atoms with Gasteiger partial charge in [-0.2, -0.15) is 0 Å². The zero-order valence-corrected chi connectivity index (χ0v) is 28.1. The van der Waals surface area contributed by atoms with E-state index in [4.69, 9.17) is 24.3 Å². The summed E-state index contributed by atoms with van der Waals surface area (Å²) in [7, 11) is -3.53. The first-order chi connectivity index (χ1) is 23.2. The summed E-state index contributed by atoms with van der Waals surface area (Å²) in [6, 6.07) is 4.63. The summed E-state index contributed by atoms with van der Waals surface area (Å²) in [6.45, 7) is 5.23. The van der Waals surface area contributed by atoms with Gasteiger partial charge in [0, 0.05) is 56.2 Å². The van der Waals surface area contributed by atoms with Gasteiger partial charge in [-0.25, -0.2) is 33.1 Å². The number of likely N-dealkylation sites (tertiary alicyclic amines) is 1. The highest BCUT2D eigenvalue weighted by molar-refractivity contribution is 7.92. The number of nitrogens with one attached hydrogen (secondary N) is 2. The van der Waals surface area contributed by atoms with E-state index in [0.717, 1.165) is 69.9 Å². The molecule has 0 radical (unpaired) electrons. The molecule has 3 aliphatic rings. The lowest BCUT2D eigenvalue weighted by Crippen LogP contribution is -2.37. The number of benzene rings is 1. The van der Waals surface area contributed by atoms with Gasteiger partial charge >= 0.3 is 0 Å². The van der Waals surface area contributed by atoms with Crippen molar-refractivity contribution >= 4 is 38.5 Å². The van der Waals surface area contributed by atoms with Crippen molar-refractivity contribution in [3.05, 3.63) is 42.0 Å². The Bertz CT molecular complexity index is 1680. The Morgan fingerprint density at radius 2 is 1.85 bits per heavy atom. The lowest BCUT2D eigenvalue weighted by Gasteiger charge is -2.32. The van der Waals surface area contributed by atoms with Crippen LogP contribution in [0.5, 0.6) is 0 Å². The first-order valence-corrected chi connectivity index (χ1v) is 18.6. The first kappa shape index (κ1) is 34.4. The maximum atomic E-state index is 15.3. The molecule has 15 heteroatoms. The van der Waals surface area contributed by atoms with Crippen LogP contribution in [0, 0.1) is 11.7 Å². The number of anilines is 2. The van der Waals surface area contributed by atoms with E-state index in [1.54, 1.807) is 18.3 Å². The van der Waals surface area contributed by atoms with Crippen LogP contribution in [0.15, 0.2) is 30.6 Å². The third-order valence-electron chi connectivity index (χ3n) is 9.00. The molecule has 13 nitrogen and oxygen atoms in total. The number of rotatable bonds is 12. The number of carbonyl (C=O) groups excluding carboxylic acids is 1. The van der Waals surface area contributed by atoms with Crippen molar-refractivity contribution in [2.75, 3.05) is 61.9 Å². The average molecular weight is 686 g/mol. The van der Waals surface area contributed by atoms with Gasteiger partial charge < -0.3 is 14.4 Å². The van der Waals surface area contributed by atoms with Crippen LogP contribution in [0.1, 0.15) is 56.9 Å². The van der Waals surface area contributed by atoms with Crippen molar-refractivity contribution in [1.82, 2.24) is 25.3 Å². The van der Waals surface area contributed by atoms with Crippen LogP contribution in [-0.2, 0) is 35.7 Å². The van der Waals surface area contributed by atoms with Crippen LogP contribution in [0.3, 0.4) is 0 Å². The van der Waals surface area contributed by atoms with E-state index in [2.05, 4.69) is 20.1 Å². The SMILES string of the molecule is CS(=O)(=O)Nc1cncc(-c2nc(N3CCOCC3)nc3c(CN4CCC(CCCC(=O)NOC5CCCCO5)CC4)cc(F)cc23)c1. The highest BCUT2D eigenvalue weighted by Gasteiger charge is 2.24. The molecule has 3 fully saturated rings. The molecule has 260 valence electrons. The van der Waals surface area contributed by atoms with E-state index in [9.17, 15) is 13.2 Å². The predicted octanol–water partition coefficient (Wildman–Crippen LogP) is 4.00. The number of halogens is 1. The molecule has 0 saturated carbocycles. The van der Waals surface area contributed by atoms with Crippen molar-refractivity contribution in [3.8, 4) is 11.3 Å². The van der Waals surface area contributed by atoms with Crippen LogP contribution in [0.2, 0.25) is 0 Å². The molecule has 1 atom stereocenters. The number of fused-ring (bicyclic) bond motifs is 1. The number of hydroxylamine groups is 1. The molecular weight excluding hydrogens is 641 g/mol. The monoisotopic (exact) mass is 685 g/mol. The van der Waals surface area contributed by atoms with E-state index in [1.807, 2.05) is 4.90 Å². The number of piperidine rings is 1. The molecule has 48 heavy (non-hydrogen) atoms. The fraction of sp³-hybridized carbons (Fsp3) is 0.576. The van der Waals surface area contributed by atoms with Crippen LogP contribution in [0.25, 0.3) is 22.2 Å². The highest BCUT2D eigenvalue weighted by Crippen LogP contribution is 2.33. The third-order valence-corrected chi connectivity index (χ3v) is 9.61. The molecule has 5 heterocycles. The first-order valence-electron chi connectivity index (χ1n) is 16.7. The maximum Gasteiger partial charge on any atom is 0.243 e. The normalized spacial score (nSPS) is 19.8. The summed E-state index contributed by atoms with van der Waals surface area (Å²) in [5.41, 5.74) is 5.27. The van der Waals surface area contributed by atoms with Crippen molar-refractivity contribution in [2.45, 2.75) is 64.2 Å². The third kappa shape index (κ3) is 9.35. The Labute approximate surface area is 280 Å². The largest absolute Gasteiger partial charge is 0.378 e. The smallest absolute Gasteiger partial charge is 0.243 e. The van der Waals surface area contributed by atoms with E-state index in [-0.39, 0.29) is 17.9 Å². The Hall–Kier alpha value is -3.50. The Kier molecular flexibility index (Phi) is 11.3. The number of sulfonamides is 1. The van der Waals surface area contributed by atoms with Gasteiger partial charge in [0.15, 0.2) is 6.29 Å². The van der Waals surface area contributed by atoms with E-state index >= 15 is 4.39 Å². The van der Waals surface area contributed by atoms with E-state index < -0.39 is 15.8 Å². The Morgan fingerprint density at radius 1 is 1.04 bits per heavy atom. The summed E-state index contributed by atoms with van der Waals surface area (Å²) in [5, 5.41) is 0.535. The number of ether oxygens (including phenoxy) is 2. The summed E-state index contributed by atoms with van der Waals surface area (Å²) in [4.78, 5) is 36.1. The number of carbonyl (C=O) groups is 1. The summed E-state index contributed by atoms with van der Waals surface area (Å²) in [5.74, 6) is 0.510. The summed E-state index contributed by atoms with van der Waals surface area (Å²) >= 11 is 0. The van der Waals surface area contributed by atoms with Gasteiger partial charge in [-0.1, -0.05) is 0 Å². The van der Waals surface area contributed by atoms with Crippen molar-refractivity contribution < 1.29 is 31.9 Å². The topological polar surface area (TPSA) is 148 Å².